The number of rotatable bonds is 7. The molecular weight excluding hydrogens is 416 g/mol. The summed E-state index contributed by atoms with van der Waals surface area (Å²) in [7, 11) is 1.63. The summed E-state index contributed by atoms with van der Waals surface area (Å²) in [5, 5.41) is 4.18. The van der Waals surface area contributed by atoms with Crippen LogP contribution in [0.1, 0.15) is 44.8 Å². The highest BCUT2D eigenvalue weighted by molar-refractivity contribution is 7.16. The quantitative estimate of drug-likeness (QED) is 0.551. The van der Waals surface area contributed by atoms with Crippen LogP contribution in [0.4, 0.5) is 5.00 Å². The topological polar surface area (TPSA) is 42.8 Å². The summed E-state index contributed by atoms with van der Waals surface area (Å²) >= 11 is 1.69. The minimum atomic E-state index is -0.0632. The predicted molar refractivity (Wildman–Crippen MR) is 132 cm³/mol. The third-order valence-electron chi connectivity index (χ3n) is 6.70. The Bertz CT molecular complexity index is 1040. The Morgan fingerprint density at radius 3 is 2.41 bits per heavy atom. The average molecular weight is 450 g/mol. The van der Waals surface area contributed by atoms with E-state index in [-0.39, 0.29) is 5.91 Å². The van der Waals surface area contributed by atoms with Gasteiger partial charge in [-0.3, -0.25) is 4.79 Å². The summed E-state index contributed by atoms with van der Waals surface area (Å²) in [6.07, 6.45) is 3.72. The molecule has 5 heteroatoms. The molecule has 2 aromatic carbocycles. The molecule has 0 spiro atoms. The maximum absolute atomic E-state index is 12.8. The molecule has 0 unspecified atom stereocenters. The van der Waals surface area contributed by atoms with Gasteiger partial charge in [-0.15, -0.1) is 11.3 Å². The Hall–Kier alpha value is -2.63. The third kappa shape index (κ3) is 5.40. The number of quaternary nitrogens is 1. The van der Waals surface area contributed by atoms with E-state index in [2.05, 4.69) is 49.5 Å². The fraction of sp³-hybridized carbons (Fsp3) is 0.370. The lowest BCUT2D eigenvalue weighted by Gasteiger charge is -2.29. The molecule has 0 saturated carbocycles. The largest absolute Gasteiger partial charge is 0.497 e. The first-order chi connectivity index (χ1) is 15.5. The summed E-state index contributed by atoms with van der Waals surface area (Å²) in [4.78, 5) is 15.7. The van der Waals surface area contributed by atoms with Crippen LogP contribution in [0.3, 0.4) is 0 Å². The van der Waals surface area contributed by atoms with Gasteiger partial charge in [-0.2, -0.15) is 0 Å². The second-order valence-electron chi connectivity index (χ2n) is 8.83. The first-order valence-electron chi connectivity index (χ1n) is 11.4. The molecule has 32 heavy (non-hydrogen) atoms. The van der Waals surface area contributed by atoms with E-state index in [9.17, 15) is 4.79 Å². The molecule has 2 heterocycles. The number of carbonyl (C=O) groups is 1. The van der Waals surface area contributed by atoms with E-state index in [1.54, 1.807) is 23.3 Å². The molecule has 0 bridgehead atoms. The number of ether oxygens (including phenoxy) is 1. The molecule has 168 valence electrons. The van der Waals surface area contributed by atoms with E-state index in [0.717, 1.165) is 23.2 Å². The number of hydrogen-bond donors (Lipinski definition) is 2. The molecule has 0 atom stereocenters. The molecule has 1 saturated heterocycles. The number of nitrogens with one attached hydrogen (secondary N) is 2. The highest BCUT2D eigenvalue weighted by Gasteiger charge is 2.25. The van der Waals surface area contributed by atoms with Crippen molar-refractivity contribution in [1.29, 1.82) is 0 Å². The number of benzene rings is 2. The fourth-order valence-electron chi connectivity index (χ4n) is 4.57. The summed E-state index contributed by atoms with van der Waals surface area (Å²) in [6.45, 7) is 7.70. The van der Waals surface area contributed by atoms with Crippen molar-refractivity contribution < 1.29 is 14.4 Å². The molecular formula is C27H33N2O2S+. The van der Waals surface area contributed by atoms with Crippen molar-refractivity contribution in [3.8, 4) is 5.75 Å². The van der Waals surface area contributed by atoms with E-state index in [0.29, 0.717) is 5.56 Å². The highest BCUT2D eigenvalue weighted by Crippen LogP contribution is 2.32. The first kappa shape index (κ1) is 22.6. The number of carbonyl (C=O) groups excluding carboxylic acids is 1. The van der Waals surface area contributed by atoms with E-state index in [1.807, 2.05) is 24.3 Å². The Kier molecular flexibility index (Phi) is 7.28. The van der Waals surface area contributed by atoms with Gasteiger partial charge in [0.25, 0.3) is 5.91 Å². The van der Waals surface area contributed by atoms with Gasteiger partial charge in [-0.05, 0) is 74.4 Å². The van der Waals surface area contributed by atoms with Crippen molar-refractivity contribution >= 4 is 22.2 Å². The lowest BCUT2D eigenvalue weighted by molar-refractivity contribution is -0.919. The van der Waals surface area contributed by atoms with E-state index >= 15 is 0 Å². The molecule has 1 aliphatic rings. The molecule has 1 amide bonds. The second kappa shape index (κ2) is 10.3. The van der Waals surface area contributed by atoms with Crippen molar-refractivity contribution in [2.75, 3.05) is 25.5 Å². The van der Waals surface area contributed by atoms with Crippen molar-refractivity contribution in [2.45, 2.75) is 39.7 Å². The average Bonchev–Trinajstić information content (AvgIpc) is 3.08. The monoisotopic (exact) mass is 449 g/mol. The Morgan fingerprint density at radius 2 is 1.75 bits per heavy atom. The lowest BCUT2D eigenvalue weighted by atomic mass is 9.90. The maximum atomic E-state index is 12.8. The second-order valence-corrected chi connectivity index (χ2v) is 10.1. The van der Waals surface area contributed by atoms with Crippen LogP contribution in [0.2, 0.25) is 0 Å². The van der Waals surface area contributed by atoms with Crippen LogP contribution >= 0.6 is 11.3 Å². The molecule has 4 rings (SSSR count). The lowest BCUT2D eigenvalue weighted by Crippen LogP contribution is -3.11. The van der Waals surface area contributed by atoms with Crippen molar-refractivity contribution in [3.05, 3.63) is 81.7 Å². The van der Waals surface area contributed by atoms with E-state index in [1.165, 1.54) is 53.9 Å². The molecule has 4 nitrogen and oxygen atoms in total. The number of thiophene rings is 1. The zero-order valence-electron chi connectivity index (χ0n) is 19.2. The van der Waals surface area contributed by atoms with Crippen LogP contribution in [0.25, 0.3) is 0 Å². The van der Waals surface area contributed by atoms with Gasteiger partial charge in [0.05, 0.1) is 20.2 Å². The predicted octanol–water partition coefficient (Wildman–Crippen LogP) is 4.66. The van der Waals surface area contributed by atoms with Crippen LogP contribution in [0.15, 0.2) is 54.6 Å². The third-order valence-corrected chi connectivity index (χ3v) is 7.86. The zero-order valence-corrected chi connectivity index (χ0v) is 20.1. The van der Waals surface area contributed by atoms with Gasteiger partial charge in [0.1, 0.15) is 17.3 Å². The van der Waals surface area contributed by atoms with Crippen LogP contribution in [0, 0.1) is 19.8 Å². The minimum Gasteiger partial charge on any atom is -0.497 e. The molecule has 0 aliphatic carbocycles. The SMILES string of the molecule is COc1ccc(C(=O)Nc2sc(C)c(C)c2C[NH+]2CCC(Cc3ccccc3)CC2)cc1. The first-order valence-corrected chi connectivity index (χ1v) is 12.3. The van der Waals surface area contributed by atoms with Crippen LogP contribution in [0.5, 0.6) is 5.75 Å². The van der Waals surface area contributed by atoms with Gasteiger partial charge in [-0.1, -0.05) is 30.3 Å². The smallest absolute Gasteiger partial charge is 0.256 e. The molecule has 2 N–H and O–H groups in total. The number of methoxy groups -OCH3 is 1. The van der Waals surface area contributed by atoms with Crippen LogP contribution < -0.4 is 15.0 Å². The van der Waals surface area contributed by atoms with Crippen molar-refractivity contribution in [1.82, 2.24) is 0 Å². The fourth-order valence-corrected chi connectivity index (χ4v) is 5.64. The number of amides is 1. The minimum absolute atomic E-state index is 0.0632. The normalized spacial score (nSPS) is 18.3. The highest BCUT2D eigenvalue weighted by atomic mass is 32.1. The van der Waals surface area contributed by atoms with E-state index in [4.69, 9.17) is 4.74 Å². The van der Waals surface area contributed by atoms with Crippen molar-refractivity contribution in [2.24, 2.45) is 5.92 Å². The number of hydrogen-bond acceptors (Lipinski definition) is 3. The molecule has 1 aromatic heterocycles. The summed E-state index contributed by atoms with van der Waals surface area (Å²) in [5.41, 5.74) is 4.72. The zero-order chi connectivity index (χ0) is 22.5. The van der Waals surface area contributed by atoms with E-state index < -0.39 is 0 Å². The molecule has 1 fully saturated rings. The van der Waals surface area contributed by atoms with Crippen molar-refractivity contribution in [3.63, 3.8) is 0 Å². The standard InChI is InChI=1S/C27H32N2O2S/c1-19-20(2)32-27(28-26(30)23-9-11-24(31-3)12-10-23)25(19)18-29-15-13-22(14-16-29)17-21-7-5-4-6-8-21/h4-12,22H,13-18H2,1-3H3,(H,28,30)/p+1. The maximum Gasteiger partial charge on any atom is 0.256 e. The summed E-state index contributed by atoms with van der Waals surface area (Å²) < 4.78 is 5.20. The number of aryl methyl sites for hydroxylation is 1. The number of piperidine rings is 1. The van der Waals surface area contributed by atoms with Crippen LogP contribution in [-0.4, -0.2) is 26.1 Å². The van der Waals surface area contributed by atoms with Gasteiger partial charge in [0.15, 0.2) is 0 Å². The van der Waals surface area contributed by atoms with Crippen LogP contribution in [-0.2, 0) is 13.0 Å². The summed E-state index contributed by atoms with van der Waals surface area (Å²) in [6, 6.07) is 18.1. The Balaban J connectivity index is 1.38. The van der Waals surface area contributed by atoms with Gasteiger partial charge in [0.2, 0.25) is 0 Å². The van der Waals surface area contributed by atoms with Gasteiger partial charge < -0.3 is 15.0 Å². The Morgan fingerprint density at radius 1 is 1.06 bits per heavy atom. The summed E-state index contributed by atoms with van der Waals surface area (Å²) in [5.74, 6) is 1.47. The van der Waals surface area contributed by atoms with Gasteiger partial charge in [-0.25, -0.2) is 0 Å². The van der Waals surface area contributed by atoms with Gasteiger partial charge in [0, 0.05) is 16.0 Å². The molecule has 0 radical (unpaired) electrons. The molecule has 1 aliphatic heterocycles. The number of likely N-dealkylation sites (tertiary alicyclic amines) is 1. The molecule has 3 aromatic rings. The van der Waals surface area contributed by atoms with Gasteiger partial charge >= 0.3 is 0 Å². The number of anilines is 1. The Labute approximate surface area is 195 Å².